The standard InChI is InChI=1S/C18H37N/c1-6-15(3)16(4)9-12-17-10-7-14(2)8-11-18(17)13-19-5/h14-19H,6-13H2,1-5H3. The van der Waals surface area contributed by atoms with Gasteiger partial charge in [0.25, 0.3) is 0 Å². The predicted molar refractivity (Wildman–Crippen MR) is 86.4 cm³/mol. The van der Waals surface area contributed by atoms with Crippen LogP contribution in [0.4, 0.5) is 0 Å². The van der Waals surface area contributed by atoms with Gasteiger partial charge in [-0.05, 0) is 62.4 Å². The molecule has 0 aromatic heterocycles. The van der Waals surface area contributed by atoms with Crippen molar-refractivity contribution in [1.29, 1.82) is 0 Å². The molecular formula is C18H37N. The van der Waals surface area contributed by atoms with Crippen LogP contribution in [-0.4, -0.2) is 13.6 Å². The lowest BCUT2D eigenvalue weighted by atomic mass is 9.80. The minimum atomic E-state index is 0.896. The molecule has 1 fully saturated rings. The van der Waals surface area contributed by atoms with Crippen molar-refractivity contribution in [2.24, 2.45) is 29.6 Å². The fourth-order valence-electron chi connectivity index (χ4n) is 3.69. The topological polar surface area (TPSA) is 12.0 Å². The molecule has 0 spiro atoms. The van der Waals surface area contributed by atoms with Crippen LogP contribution in [0.1, 0.15) is 72.6 Å². The van der Waals surface area contributed by atoms with Crippen molar-refractivity contribution in [3.05, 3.63) is 0 Å². The summed E-state index contributed by atoms with van der Waals surface area (Å²) in [5, 5.41) is 3.43. The first-order valence-electron chi connectivity index (χ1n) is 8.73. The van der Waals surface area contributed by atoms with Gasteiger partial charge in [0.2, 0.25) is 0 Å². The highest BCUT2D eigenvalue weighted by Gasteiger charge is 2.26. The van der Waals surface area contributed by atoms with E-state index >= 15 is 0 Å². The second-order valence-corrected chi connectivity index (χ2v) is 7.28. The Morgan fingerprint density at radius 1 is 1.00 bits per heavy atom. The monoisotopic (exact) mass is 267 g/mol. The zero-order valence-corrected chi connectivity index (χ0v) is 14.0. The van der Waals surface area contributed by atoms with Gasteiger partial charge in [0.15, 0.2) is 0 Å². The second kappa shape index (κ2) is 9.00. The normalized spacial score (nSPS) is 31.7. The molecule has 0 saturated heterocycles. The van der Waals surface area contributed by atoms with Crippen LogP contribution in [0.5, 0.6) is 0 Å². The van der Waals surface area contributed by atoms with Gasteiger partial charge in [-0.15, -0.1) is 0 Å². The van der Waals surface area contributed by atoms with Crippen molar-refractivity contribution in [2.75, 3.05) is 13.6 Å². The highest BCUT2D eigenvalue weighted by Crippen LogP contribution is 2.35. The van der Waals surface area contributed by atoms with Gasteiger partial charge in [-0.2, -0.15) is 0 Å². The Morgan fingerprint density at radius 2 is 1.63 bits per heavy atom. The van der Waals surface area contributed by atoms with Crippen molar-refractivity contribution in [1.82, 2.24) is 5.32 Å². The summed E-state index contributed by atoms with van der Waals surface area (Å²) in [5.74, 6) is 4.66. The number of hydrogen-bond donors (Lipinski definition) is 1. The highest BCUT2D eigenvalue weighted by atomic mass is 14.8. The third-order valence-electron chi connectivity index (χ3n) is 5.80. The molecule has 114 valence electrons. The van der Waals surface area contributed by atoms with E-state index < -0.39 is 0 Å². The lowest BCUT2D eigenvalue weighted by Crippen LogP contribution is -2.26. The average Bonchev–Trinajstić information content (AvgIpc) is 2.58. The molecule has 0 aliphatic heterocycles. The first kappa shape index (κ1) is 17.0. The van der Waals surface area contributed by atoms with E-state index in [9.17, 15) is 0 Å². The van der Waals surface area contributed by atoms with Gasteiger partial charge < -0.3 is 5.32 Å². The molecule has 0 heterocycles. The minimum absolute atomic E-state index is 0.896. The van der Waals surface area contributed by atoms with Crippen LogP contribution in [0.25, 0.3) is 0 Å². The largest absolute Gasteiger partial charge is 0.319 e. The first-order valence-corrected chi connectivity index (χ1v) is 8.73. The van der Waals surface area contributed by atoms with E-state index in [0.717, 1.165) is 29.6 Å². The molecule has 19 heavy (non-hydrogen) atoms. The molecule has 0 radical (unpaired) electrons. The van der Waals surface area contributed by atoms with Crippen LogP contribution in [0.3, 0.4) is 0 Å². The van der Waals surface area contributed by atoms with Gasteiger partial charge in [0.1, 0.15) is 0 Å². The molecule has 0 aromatic rings. The van der Waals surface area contributed by atoms with E-state index in [1.807, 2.05) is 0 Å². The smallest absolute Gasteiger partial charge is 0.00209 e. The van der Waals surface area contributed by atoms with E-state index in [0.29, 0.717) is 0 Å². The zero-order chi connectivity index (χ0) is 14.3. The molecule has 0 bridgehead atoms. The van der Waals surface area contributed by atoms with Crippen LogP contribution in [0.15, 0.2) is 0 Å². The number of rotatable bonds is 7. The molecule has 1 aliphatic carbocycles. The zero-order valence-electron chi connectivity index (χ0n) is 14.0. The highest BCUT2D eigenvalue weighted by molar-refractivity contribution is 4.78. The molecule has 1 N–H and O–H groups in total. The summed E-state index contributed by atoms with van der Waals surface area (Å²) in [5.41, 5.74) is 0. The summed E-state index contributed by atoms with van der Waals surface area (Å²) < 4.78 is 0. The molecule has 5 atom stereocenters. The fourth-order valence-corrected chi connectivity index (χ4v) is 3.69. The Kier molecular flexibility index (Phi) is 8.06. The first-order chi connectivity index (χ1) is 9.08. The molecule has 1 nitrogen and oxygen atoms in total. The summed E-state index contributed by atoms with van der Waals surface area (Å²) in [7, 11) is 2.12. The van der Waals surface area contributed by atoms with E-state index in [2.05, 4.69) is 40.1 Å². The summed E-state index contributed by atoms with van der Waals surface area (Å²) in [6, 6.07) is 0. The summed E-state index contributed by atoms with van der Waals surface area (Å²) in [6.07, 6.45) is 10.1. The van der Waals surface area contributed by atoms with Crippen LogP contribution < -0.4 is 5.32 Å². The summed E-state index contributed by atoms with van der Waals surface area (Å²) >= 11 is 0. The lowest BCUT2D eigenvalue weighted by molar-refractivity contribution is 0.248. The maximum atomic E-state index is 3.43. The van der Waals surface area contributed by atoms with Gasteiger partial charge in [-0.1, -0.05) is 53.4 Å². The number of hydrogen-bond acceptors (Lipinski definition) is 1. The molecule has 1 saturated carbocycles. The molecule has 1 aliphatic rings. The van der Waals surface area contributed by atoms with Crippen molar-refractivity contribution in [2.45, 2.75) is 72.6 Å². The Bertz CT molecular complexity index is 226. The second-order valence-electron chi connectivity index (χ2n) is 7.28. The maximum Gasteiger partial charge on any atom is -0.00209 e. The Hall–Kier alpha value is -0.0400. The van der Waals surface area contributed by atoms with Crippen LogP contribution in [0.2, 0.25) is 0 Å². The number of nitrogens with one attached hydrogen (secondary N) is 1. The van der Waals surface area contributed by atoms with Gasteiger partial charge in [0, 0.05) is 0 Å². The van der Waals surface area contributed by atoms with Crippen molar-refractivity contribution < 1.29 is 0 Å². The van der Waals surface area contributed by atoms with Crippen molar-refractivity contribution in [3.63, 3.8) is 0 Å². The maximum absolute atomic E-state index is 3.43. The molecule has 1 heteroatoms. The van der Waals surface area contributed by atoms with E-state index in [1.165, 1.54) is 51.5 Å². The molecule has 5 unspecified atom stereocenters. The van der Waals surface area contributed by atoms with E-state index in [4.69, 9.17) is 0 Å². The van der Waals surface area contributed by atoms with Gasteiger partial charge in [-0.25, -0.2) is 0 Å². The van der Waals surface area contributed by atoms with E-state index in [1.54, 1.807) is 0 Å². The third kappa shape index (κ3) is 5.85. The lowest BCUT2D eigenvalue weighted by Gasteiger charge is -2.27. The molecular weight excluding hydrogens is 230 g/mol. The van der Waals surface area contributed by atoms with Crippen LogP contribution >= 0.6 is 0 Å². The van der Waals surface area contributed by atoms with Crippen molar-refractivity contribution in [3.8, 4) is 0 Å². The SMILES string of the molecule is CCC(C)C(C)CCC1CCC(C)CCC1CNC. The Balaban J connectivity index is 2.46. The van der Waals surface area contributed by atoms with Crippen LogP contribution in [-0.2, 0) is 0 Å². The van der Waals surface area contributed by atoms with Gasteiger partial charge >= 0.3 is 0 Å². The molecule has 0 amide bonds. The van der Waals surface area contributed by atoms with Gasteiger partial charge in [0.05, 0.1) is 0 Å². The average molecular weight is 268 g/mol. The predicted octanol–water partition coefficient (Wildman–Crippen LogP) is 5.11. The third-order valence-corrected chi connectivity index (χ3v) is 5.80. The summed E-state index contributed by atoms with van der Waals surface area (Å²) in [6.45, 7) is 10.9. The molecule has 1 rings (SSSR count). The van der Waals surface area contributed by atoms with Crippen molar-refractivity contribution >= 4 is 0 Å². The Labute approximate surface area is 121 Å². The minimum Gasteiger partial charge on any atom is -0.319 e. The van der Waals surface area contributed by atoms with Crippen LogP contribution in [0, 0.1) is 29.6 Å². The Morgan fingerprint density at radius 3 is 2.21 bits per heavy atom. The summed E-state index contributed by atoms with van der Waals surface area (Å²) in [4.78, 5) is 0. The van der Waals surface area contributed by atoms with E-state index in [-0.39, 0.29) is 0 Å². The van der Waals surface area contributed by atoms with Gasteiger partial charge in [-0.3, -0.25) is 0 Å². The quantitative estimate of drug-likeness (QED) is 0.632. The fraction of sp³-hybridized carbons (Fsp3) is 1.00. The molecule has 0 aromatic carbocycles.